The first-order valence-electron chi connectivity index (χ1n) is 6.83. The molecule has 0 atom stereocenters. The van der Waals surface area contributed by atoms with Gasteiger partial charge in [0.15, 0.2) is 0 Å². The van der Waals surface area contributed by atoms with Crippen molar-refractivity contribution in [2.45, 2.75) is 6.42 Å². The lowest BCUT2D eigenvalue weighted by Gasteiger charge is -2.27. The van der Waals surface area contributed by atoms with E-state index in [-0.39, 0.29) is 18.3 Å². The van der Waals surface area contributed by atoms with Crippen molar-refractivity contribution in [3.63, 3.8) is 0 Å². The van der Waals surface area contributed by atoms with Crippen LogP contribution in [0.1, 0.15) is 16.8 Å². The monoisotopic (exact) mass is 351 g/mol. The molecule has 0 radical (unpaired) electrons. The van der Waals surface area contributed by atoms with Crippen molar-refractivity contribution in [2.75, 3.05) is 39.3 Å². The number of hydrogen-bond acceptors (Lipinski definition) is 3. The van der Waals surface area contributed by atoms with Crippen LogP contribution in [0.4, 0.5) is 0 Å². The van der Waals surface area contributed by atoms with Gasteiger partial charge in [-0.1, -0.05) is 23.2 Å². The molecule has 1 amide bonds. The number of carbonyl (C=O) groups excluding carboxylic acids is 1. The Morgan fingerprint density at radius 1 is 1.24 bits per heavy atom. The number of rotatable bonds is 5. The van der Waals surface area contributed by atoms with Gasteiger partial charge in [-0.15, -0.1) is 12.4 Å². The van der Waals surface area contributed by atoms with Crippen LogP contribution in [0.2, 0.25) is 10.0 Å². The van der Waals surface area contributed by atoms with Gasteiger partial charge in [0.25, 0.3) is 5.91 Å². The van der Waals surface area contributed by atoms with Crippen LogP contribution in [-0.4, -0.2) is 50.1 Å². The fourth-order valence-electron chi connectivity index (χ4n) is 2.18. The zero-order chi connectivity index (χ0) is 14.4. The van der Waals surface area contributed by atoms with E-state index < -0.39 is 0 Å². The lowest BCUT2D eigenvalue weighted by Crippen LogP contribution is -2.44. The van der Waals surface area contributed by atoms with Gasteiger partial charge in [0.1, 0.15) is 0 Å². The van der Waals surface area contributed by atoms with E-state index in [9.17, 15) is 4.79 Å². The normalized spacial score (nSPS) is 15.3. The van der Waals surface area contributed by atoms with Gasteiger partial charge in [-0.2, -0.15) is 0 Å². The number of piperazine rings is 1. The summed E-state index contributed by atoms with van der Waals surface area (Å²) >= 11 is 11.7. The second kappa shape index (κ2) is 9.49. The summed E-state index contributed by atoms with van der Waals surface area (Å²) in [6.07, 6.45) is 0.951. The number of benzene rings is 1. The Kier molecular flexibility index (Phi) is 8.37. The fraction of sp³-hybridized carbons (Fsp3) is 0.500. The standard InChI is InChI=1S/C14H19Cl2N3O.ClH/c15-12-3-2-11(10-13(12)16)14(20)18-4-1-7-19-8-5-17-6-9-19;/h2-3,10,17H,1,4-9H2,(H,18,20);1H. The summed E-state index contributed by atoms with van der Waals surface area (Å²) in [6.45, 7) is 5.96. The average molecular weight is 353 g/mol. The molecule has 1 aromatic rings. The number of amides is 1. The van der Waals surface area contributed by atoms with Crippen LogP contribution < -0.4 is 10.6 Å². The predicted octanol–water partition coefficient (Wildman–Crippen LogP) is 2.44. The number of carbonyl (C=O) groups is 1. The molecule has 118 valence electrons. The quantitative estimate of drug-likeness (QED) is 0.800. The lowest BCUT2D eigenvalue weighted by molar-refractivity contribution is 0.0951. The molecule has 0 aliphatic carbocycles. The van der Waals surface area contributed by atoms with Crippen LogP contribution in [0.5, 0.6) is 0 Å². The van der Waals surface area contributed by atoms with E-state index in [2.05, 4.69) is 15.5 Å². The maximum Gasteiger partial charge on any atom is 0.251 e. The van der Waals surface area contributed by atoms with E-state index in [0.717, 1.165) is 39.1 Å². The second-order valence-corrected chi connectivity index (χ2v) is 5.64. The molecule has 2 rings (SSSR count). The minimum absolute atomic E-state index is 0. The maximum atomic E-state index is 11.9. The fourth-order valence-corrected chi connectivity index (χ4v) is 2.48. The SMILES string of the molecule is Cl.O=C(NCCCN1CCNCC1)c1ccc(Cl)c(Cl)c1. The molecule has 1 aliphatic rings. The summed E-state index contributed by atoms with van der Waals surface area (Å²) in [4.78, 5) is 14.3. The third-order valence-corrected chi connectivity index (χ3v) is 4.07. The Labute approximate surface area is 141 Å². The van der Waals surface area contributed by atoms with Gasteiger partial charge in [0, 0.05) is 38.3 Å². The molecule has 1 aromatic carbocycles. The van der Waals surface area contributed by atoms with Crippen LogP contribution in [0, 0.1) is 0 Å². The molecule has 2 N–H and O–H groups in total. The minimum Gasteiger partial charge on any atom is -0.352 e. The average Bonchev–Trinajstić information content (AvgIpc) is 2.47. The van der Waals surface area contributed by atoms with Gasteiger partial charge in [-0.25, -0.2) is 0 Å². The minimum atomic E-state index is -0.108. The summed E-state index contributed by atoms with van der Waals surface area (Å²) in [5.74, 6) is -0.108. The molecule has 7 heteroatoms. The largest absolute Gasteiger partial charge is 0.352 e. The zero-order valence-corrected chi connectivity index (χ0v) is 14.0. The molecule has 0 spiro atoms. The summed E-state index contributed by atoms with van der Waals surface area (Å²) in [7, 11) is 0. The van der Waals surface area contributed by atoms with Crippen LogP contribution in [-0.2, 0) is 0 Å². The summed E-state index contributed by atoms with van der Waals surface area (Å²) in [5.41, 5.74) is 0.543. The molecule has 1 fully saturated rings. The maximum absolute atomic E-state index is 11.9. The Bertz CT molecular complexity index is 465. The van der Waals surface area contributed by atoms with Gasteiger partial charge in [-0.3, -0.25) is 4.79 Å². The third kappa shape index (κ3) is 6.01. The summed E-state index contributed by atoms with van der Waals surface area (Å²) in [5, 5.41) is 7.09. The Morgan fingerprint density at radius 2 is 1.95 bits per heavy atom. The molecule has 0 saturated carbocycles. The van der Waals surface area contributed by atoms with Crippen molar-refractivity contribution in [1.82, 2.24) is 15.5 Å². The first-order chi connectivity index (χ1) is 9.66. The first-order valence-corrected chi connectivity index (χ1v) is 7.59. The van der Waals surface area contributed by atoms with E-state index in [1.807, 2.05) is 0 Å². The van der Waals surface area contributed by atoms with Crippen molar-refractivity contribution in [2.24, 2.45) is 0 Å². The van der Waals surface area contributed by atoms with Gasteiger partial charge >= 0.3 is 0 Å². The first kappa shape index (κ1) is 18.5. The molecule has 4 nitrogen and oxygen atoms in total. The van der Waals surface area contributed by atoms with E-state index in [0.29, 0.717) is 22.2 Å². The molecule has 0 unspecified atom stereocenters. The number of hydrogen-bond donors (Lipinski definition) is 2. The third-order valence-electron chi connectivity index (χ3n) is 3.33. The predicted molar refractivity (Wildman–Crippen MR) is 90.0 cm³/mol. The van der Waals surface area contributed by atoms with Crippen molar-refractivity contribution in [3.05, 3.63) is 33.8 Å². The molecule has 0 bridgehead atoms. The van der Waals surface area contributed by atoms with Crippen LogP contribution in [0.3, 0.4) is 0 Å². The molecule has 1 heterocycles. The van der Waals surface area contributed by atoms with Gasteiger partial charge in [0.05, 0.1) is 10.0 Å². The molecular weight excluding hydrogens is 333 g/mol. The van der Waals surface area contributed by atoms with Crippen LogP contribution >= 0.6 is 35.6 Å². The Hall–Kier alpha value is -0.520. The number of nitrogens with one attached hydrogen (secondary N) is 2. The second-order valence-electron chi connectivity index (χ2n) is 4.83. The molecule has 21 heavy (non-hydrogen) atoms. The lowest BCUT2D eigenvalue weighted by atomic mass is 10.2. The van der Waals surface area contributed by atoms with E-state index in [4.69, 9.17) is 23.2 Å². The molecule has 1 aliphatic heterocycles. The summed E-state index contributed by atoms with van der Waals surface area (Å²) in [6, 6.07) is 4.91. The van der Waals surface area contributed by atoms with E-state index in [1.165, 1.54) is 0 Å². The smallest absolute Gasteiger partial charge is 0.251 e. The van der Waals surface area contributed by atoms with Gasteiger partial charge in [-0.05, 0) is 31.2 Å². The zero-order valence-electron chi connectivity index (χ0n) is 11.7. The van der Waals surface area contributed by atoms with Crippen LogP contribution in [0.25, 0.3) is 0 Å². The highest BCUT2D eigenvalue weighted by Crippen LogP contribution is 2.22. The van der Waals surface area contributed by atoms with Gasteiger partial charge in [0.2, 0.25) is 0 Å². The highest BCUT2D eigenvalue weighted by molar-refractivity contribution is 6.42. The molecular formula is C14H20Cl3N3O. The highest BCUT2D eigenvalue weighted by atomic mass is 35.5. The van der Waals surface area contributed by atoms with Gasteiger partial charge < -0.3 is 15.5 Å². The van der Waals surface area contributed by atoms with Crippen molar-refractivity contribution < 1.29 is 4.79 Å². The topological polar surface area (TPSA) is 44.4 Å². The van der Waals surface area contributed by atoms with Crippen molar-refractivity contribution in [1.29, 1.82) is 0 Å². The molecule has 1 saturated heterocycles. The van der Waals surface area contributed by atoms with Crippen LogP contribution in [0.15, 0.2) is 18.2 Å². The number of nitrogens with zero attached hydrogens (tertiary/aromatic N) is 1. The summed E-state index contributed by atoms with van der Waals surface area (Å²) < 4.78 is 0. The van der Waals surface area contributed by atoms with E-state index in [1.54, 1.807) is 18.2 Å². The Balaban J connectivity index is 0.00000220. The van der Waals surface area contributed by atoms with Crippen molar-refractivity contribution in [3.8, 4) is 0 Å². The highest BCUT2D eigenvalue weighted by Gasteiger charge is 2.10. The van der Waals surface area contributed by atoms with E-state index >= 15 is 0 Å². The number of halogens is 3. The molecule has 0 aromatic heterocycles. The Morgan fingerprint density at radius 3 is 2.62 bits per heavy atom. The van der Waals surface area contributed by atoms with Crippen molar-refractivity contribution >= 4 is 41.5 Å².